The Hall–Kier alpha value is -0.860. The van der Waals surface area contributed by atoms with Crippen molar-refractivity contribution in [3.63, 3.8) is 0 Å². The smallest absolute Gasteiger partial charge is 0.0582 e. The first-order chi connectivity index (χ1) is 6.77. The predicted octanol–water partition coefficient (Wildman–Crippen LogP) is 2.11. The average molecular weight is 193 g/mol. The molecule has 2 heteroatoms. The highest BCUT2D eigenvalue weighted by atomic mass is 16.3. The van der Waals surface area contributed by atoms with Gasteiger partial charge in [-0.3, -0.25) is 0 Å². The van der Waals surface area contributed by atoms with Gasteiger partial charge < -0.3 is 10.4 Å². The van der Waals surface area contributed by atoms with Crippen LogP contribution in [-0.4, -0.2) is 17.8 Å². The van der Waals surface area contributed by atoms with Crippen molar-refractivity contribution in [2.24, 2.45) is 0 Å². The number of hydrogen-bond donors (Lipinski definition) is 2. The van der Waals surface area contributed by atoms with E-state index in [4.69, 9.17) is 5.11 Å². The molecule has 1 rings (SSSR count). The molecular weight excluding hydrogens is 174 g/mol. The molecule has 0 spiro atoms. The molecule has 0 aliphatic heterocycles. The second kappa shape index (κ2) is 5.78. The fourth-order valence-corrected chi connectivity index (χ4v) is 1.53. The Morgan fingerprint density at radius 3 is 2.43 bits per heavy atom. The predicted molar refractivity (Wildman–Crippen MR) is 59.2 cm³/mol. The number of hydrogen-bond acceptors (Lipinski definition) is 2. The number of benzene rings is 1. The van der Waals surface area contributed by atoms with Gasteiger partial charge in [-0.25, -0.2) is 0 Å². The fraction of sp³-hybridized carbons (Fsp3) is 0.500. The quantitative estimate of drug-likeness (QED) is 0.750. The van der Waals surface area contributed by atoms with Crippen LogP contribution in [0.2, 0.25) is 0 Å². The van der Waals surface area contributed by atoms with Crippen LogP contribution in [0.25, 0.3) is 0 Å². The summed E-state index contributed by atoms with van der Waals surface area (Å²) < 4.78 is 0. The molecule has 1 aromatic rings. The highest BCUT2D eigenvalue weighted by Crippen LogP contribution is 2.16. The lowest BCUT2D eigenvalue weighted by molar-refractivity contribution is 0.239. The van der Waals surface area contributed by atoms with Crippen LogP contribution in [0, 0.1) is 0 Å². The van der Waals surface area contributed by atoms with Gasteiger partial charge in [-0.15, -0.1) is 0 Å². The highest BCUT2D eigenvalue weighted by Gasteiger charge is 2.10. The van der Waals surface area contributed by atoms with E-state index in [-0.39, 0.29) is 12.6 Å². The fourth-order valence-electron chi connectivity index (χ4n) is 1.53. The maximum atomic E-state index is 8.96. The van der Waals surface area contributed by atoms with Crippen LogP contribution in [0.15, 0.2) is 30.3 Å². The molecular formula is C12H19NO. The summed E-state index contributed by atoms with van der Waals surface area (Å²) in [5.41, 5.74) is 1.29. The number of aliphatic hydroxyl groups excluding tert-OH is 1. The molecule has 0 aliphatic carbocycles. The largest absolute Gasteiger partial charge is 0.395 e. The maximum absolute atomic E-state index is 8.96. The summed E-state index contributed by atoms with van der Waals surface area (Å²) >= 11 is 0. The number of rotatable bonds is 5. The molecule has 0 aromatic heterocycles. The third-order valence-corrected chi connectivity index (χ3v) is 2.37. The van der Waals surface area contributed by atoms with Gasteiger partial charge in [0, 0.05) is 12.1 Å². The highest BCUT2D eigenvalue weighted by molar-refractivity contribution is 5.18. The van der Waals surface area contributed by atoms with Crippen molar-refractivity contribution >= 4 is 0 Å². The molecule has 0 heterocycles. The summed E-state index contributed by atoms with van der Waals surface area (Å²) in [6.07, 6.45) is 1.04. The standard InChI is InChI=1S/C12H19NO/c1-3-12(13-10(2)9-14)11-7-5-4-6-8-11/h4-8,10,12-14H,3,9H2,1-2H3/t10-,12+/m0/s1. The van der Waals surface area contributed by atoms with Crippen LogP contribution in [-0.2, 0) is 0 Å². The molecule has 0 unspecified atom stereocenters. The number of aliphatic hydroxyl groups is 1. The first-order valence-electron chi connectivity index (χ1n) is 5.19. The zero-order valence-electron chi connectivity index (χ0n) is 8.90. The minimum absolute atomic E-state index is 0.153. The van der Waals surface area contributed by atoms with Crippen LogP contribution < -0.4 is 5.32 Å². The molecule has 2 nitrogen and oxygen atoms in total. The first kappa shape index (κ1) is 11.2. The average Bonchev–Trinajstić information content (AvgIpc) is 2.26. The summed E-state index contributed by atoms with van der Waals surface area (Å²) in [5, 5.41) is 12.3. The van der Waals surface area contributed by atoms with E-state index in [1.54, 1.807) is 0 Å². The third kappa shape index (κ3) is 3.13. The Morgan fingerprint density at radius 1 is 1.29 bits per heavy atom. The van der Waals surface area contributed by atoms with E-state index in [1.165, 1.54) is 5.56 Å². The van der Waals surface area contributed by atoms with E-state index in [9.17, 15) is 0 Å². The molecule has 0 radical (unpaired) electrons. The summed E-state index contributed by atoms with van der Waals surface area (Å²) in [6, 6.07) is 10.8. The van der Waals surface area contributed by atoms with Gasteiger partial charge in [0.25, 0.3) is 0 Å². The summed E-state index contributed by atoms with van der Waals surface area (Å²) in [7, 11) is 0. The minimum Gasteiger partial charge on any atom is -0.395 e. The SMILES string of the molecule is CC[C@@H](N[C@@H](C)CO)c1ccccc1. The Balaban J connectivity index is 2.63. The normalized spacial score (nSPS) is 15.1. The monoisotopic (exact) mass is 193 g/mol. The Kier molecular flexibility index (Phi) is 4.63. The molecule has 1 aromatic carbocycles. The molecule has 2 atom stereocenters. The van der Waals surface area contributed by atoms with Crippen molar-refractivity contribution in [3.05, 3.63) is 35.9 Å². The number of nitrogens with one attached hydrogen (secondary N) is 1. The molecule has 0 saturated carbocycles. The first-order valence-corrected chi connectivity index (χ1v) is 5.19. The molecule has 0 saturated heterocycles. The minimum atomic E-state index is 0.153. The van der Waals surface area contributed by atoms with Crippen molar-refractivity contribution in [3.8, 4) is 0 Å². The molecule has 78 valence electrons. The lowest BCUT2D eigenvalue weighted by atomic mass is 10.0. The third-order valence-electron chi connectivity index (χ3n) is 2.37. The lowest BCUT2D eigenvalue weighted by Gasteiger charge is -2.21. The molecule has 14 heavy (non-hydrogen) atoms. The second-order valence-corrected chi connectivity index (χ2v) is 3.62. The van der Waals surface area contributed by atoms with E-state index in [0.717, 1.165) is 6.42 Å². The van der Waals surface area contributed by atoms with Gasteiger partial charge in [0.2, 0.25) is 0 Å². The van der Waals surface area contributed by atoms with Gasteiger partial charge in [0.15, 0.2) is 0 Å². The summed E-state index contributed by atoms with van der Waals surface area (Å²) in [5.74, 6) is 0. The molecule has 0 fully saturated rings. The molecule has 2 N–H and O–H groups in total. The van der Waals surface area contributed by atoms with Gasteiger partial charge in [0.05, 0.1) is 6.61 Å². The topological polar surface area (TPSA) is 32.3 Å². The van der Waals surface area contributed by atoms with Crippen LogP contribution in [0.5, 0.6) is 0 Å². The van der Waals surface area contributed by atoms with E-state index >= 15 is 0 Å². The van der Waals surface area contributed by atoms with Gasteiger partial charge in [0.1, 0.15) is 0 Å². The lowest BCUT2D eigenvalue weighted by Crippen LogP contribution is -2.32. The zero-order chi connectivity index (χ0) is 10.4. The molecule has 0 aliphatic rings. The van der Waals surface area contributed by atoms with Gasteiger partial charge in [-0.05, 0) is 18.9 Å². The van der Waals surface area contributed by atoms with Crippen LogP contribution >= 0.6 is 0 Å². The second-order valence-electron chi connectivity index (χ2n) is 3.62. The van der Waals surface area contributed by atoms with Crippen LogP contribution in [0.3, 0.4) is 0 Å². The molecule has 0 amide bonds. The van der Waals surface area contributed by atoms with Gasteiger partial charge in [-0.1, -0.05) is 37.3 Å². The van der Waals surface area contributed by atoms with Crippen molar-refractivity contribution in [2.75, 3.05) is 6.61 Å². The Bertz CT molecular complexity index is 248. The Morgan fingerprint density at radius 2 is 1.93 bits per heavy atom. The van der Waals surface area contributed by atoms with E-state index < -0.39 is 0 Å². The van der Waals surface area contributed by atoms with Crippen molar-refractivity contribution < 1.29 is 5.11 Å². The van der Waals surface area contributed by atoms with Gasteiger partial charge >= 0.3 is 0 Å². The van der Waals surface area contributed by atoms with Crippen LogP contribution in [0.4, 0.5) is 0 Å². The molecule has 0 bridgehead atoms. The van der Waals surface area contributed by atoms with Crippen molar-refractivity contribution in [1.82, 2.24) is 5.32 Å². The maximum Gasteiger partial charge on any atom is 0.0582 e. The van der Waals surface area contributed by atoms with Crippen molar-refractivity contribution in [2.45, 2.75) is 32.4 Å². The van der Waals surface area contributed by atoms with E-state index in [1.807, 2.05) is 25.1 Å². The summed E-state index contributed by atoms with van der Waals surface area (Å²) in [6.45, 7) is 4.32. The van der Waals surface area contributed by atoms with Gasteiger partial charge in [-0.2, -0.15) is 0 Å². The van der Waals surface area contributed by atoms with E-state index in [2.05, 4.69) is 24.4 Å². The zero-order valence-corrected chi connectivity index (χ0v) is 8.90. The van der Waals surface area contributed by atoms with Crippen LogP contribution in [0.1, 0.15) is 31.9 Å². The van der Waals surface area contributed by atoms with Crippen molar-refractivity contribution in [1.29, 1.82) is 0 Å². The summed E-state index contributed by atoms with van der Waals surface area (Å²) in [4.78, 5) is 0. The van der Waals surface area contributed by atoms with E-state index in [0.29, 0.717) is 6.04 Å². The Labute approximate surface area is 86.0 Å².